The minimum Gasteiger partial charge on any atom is -0.390 e. The topological polar surface area (TPSA) is 123 Å². The molecule has 1 saturated heterocycles. The SMILES string of the molecule is C[CH][C@H]1C[C@@H]([C@@H](O)CC)O[C@H]1n1c(=O)sc2c(=O)[nH]c(N)nc21. The van der Waals surface area contributed by atoms with Gasteiger partial charge in [0.1, 0.15) is 10.9 Å². The van der Waals surface area contributed by atoms with Crippen LogP contribution in [0.1, 0.15) is 32.9 Å². The molecule has 0 unspecified atom stereocenters. The second-order valence-electron chi connectivity index (χ2n) is 5.62. The van der Waals surface area contributed by atoms with Crippen molar-refractivity contribution in [3.05, 3.63) is 26.4 Å². The Morgan fingerprint density at radius 1 is 1.61 bits per heavy atom. The maximum absolute atomic E-state index is 12.4. The van der Waals surface area contributed by atoms with Gasteiger partial charge < -0.3 is 15.6 Å². The van der Waals surface area contributed by atoms with Gasteiger partial charge in [0.05, 0.1) is 12.2 Å². The van der Waals surface area contributed by atoms with Gasteiger partial charge in [-0.15, -0.1) is 0 Å². The Balaban J connectivity index is 2.10. The number of fused-ring (bicyclic) bond motifs is 1. The number of H-pyrrole nitrogens is 1. The van der Waals surface area contributed by atoms with E-state index >= 15 is 0 Å². The third kappa shape index (κ3) is 2.68. The average Bonchev–Trinajstić information content (AvgIpc) is 3.07. The number of ether oxygens (including phenoxy) is 1. The third-order valence-electron chi connectivity index (χ3n) is 4.21. The van der Waals surface area contributed by atoms with Crippen LogP contribution in [-0.2, 0) is 4.74 Å². The Labute approximate surface area is 135 Å². The smallest absolute Gasteiger partial charge is 0.311 e. The summed E-state index contributed by atoms with van der Waals surface area (Å²) in [6.07, 6.45) is 1.58. The Bertz CT molecular complexity index is 826. The molecule has 8 nitrogen and oxygen atoms in total. The van der Waals surface area contributed by atoms with Crippen LogP contribution >= 0.6 is 11.3 Å². The first-order valence-electron chi connectivity index (χ1n) is 7.50. The van der Waals surface area contributed by atoms with E-state index in [1.54, 1.807) is 0 Å². The zero-order valence-corrected chi connectivity index (χ0v) is 13.7. The third-order valence-corrected chi connectivity index (χ3v) is 5.15. The van der Waals surface area contributed by atoms with Crippen molar-refractivity contribution in [1.29, 1.82) is 0 Å². The molecule has 4 atom stereocenters. The van der Waals surface area contributed by atoms with E-state index in [1.165, 1.54) is 4.57 Å². The summed E-state index contributed by atoms with van der Waals surface area (Å²) in [5.41, 5.74) is 5.39. The molecule has 1 fully saturated rings. The molecule has 0 aliphatic carbocycles. The van der Waals surface area contributed by atoms with Crippen LogP contribution in [-0.4, -0.2) is 31.8 Å². The van der Waals surface area contributed by atoms with Crippen molar-refractivity contribution in [1.82, 2.24) is 14.5 Å². The van der Waals surface area contributed by atoms with E-state index < -0.39 is 17.9 Å². The molecule has 125 valence electrons. The zero-order valence-electron chi connectivity index (χ0n) is 12.9. The number of rotatable bonds is 4. The van der Waals surface area contributed by atoms with Crippen LogP contribution < -0.4 is 16.2 Å². The van der Waals surface area contributed by atoms with Crippen molar-refractivity contribution in [3.63, 3.8) is 0 Å². The van der Waals surface area contributed by atoms with Gasteiger partial charge in [-0.2, -0.15) is 4.98 Å². The number of aromatic amines is 1. The van der Waals surface area contributed by atoms with E-state index in [1.807, 2.05) is 20.3 Å². The van der Waals surface area contributed by atoms with Gasteiger partial charge in [0.2, 0.25) is 5.95 Å². The lowest BCUT2D eigenvalue weighted by Gasteiger charge is -2.19. The predicted molar refractivity (Wildman–Crippen MR) is 87.2 cm³/mol. The van der Waals surface area contributed by atoms with Gasteiger partial charge in [-0.3, -0.25) is 19.1 Å². The fourth-order valence-electron chi connectivity index (χ4n) is 2.95. The van der Waals surface area contributed by atoms with Gasteiger partial charge in [0.25, 0.3) is 5.56 Å². The van der Waals surface area contributed by atoms with Gasteiger partial charge in [0.15, 0.2) is 5.65 Å². The summed E-state index contributed by atoms with van der Waals surface area (Å²) >= 11 is 0.818. The van der Waals surface area contributed by atoms with E-state index in [-0.39, 0.29) is 33.2 Å². The summed E-state index contributed by atoms with van der Waals surface area (Å²) in [7, 11) is 0. The molecular formula is C14H19N4O4S. The number of nitrogens with one attached hydrogen (secondary N) is 1. The monoisotopic (exact) mass is 339 g/mol. The molecule has 0 aromatic carbocycles. The fourth-order valence-corrected chi connectivity index (χ4v) is 3.80. The Hall–Kier alpha value is -1.71. The number of aliphatic hydroxyl groups excluding tert-OH is 1. The van der Waals surface area contributed by atoms with Crippen molar-refractivity contribution in [2.24, 2.45) is 5.92 Å². The summed E-state index contributed by atoms with van der Waals surface area (Å²) in [4.78, 5) is 30.5. The van der Waals surface area contributed by atoms with E-state index in [2.05, 4.69) is 9.97 Å². The van der Waals surface area contributed by atoms with Crippen LogP contribution in [0, 0.1) is 12.3 Å². The molecule has 0 amide bonds. The molecule has 1 aliphatic rings. The lowest BCUT2D eigenvalue weighted by molar-refractivity contribution is -0.0636. The fraction of sp³-hybridized carbons (Fsp3) is 0.571. The molecule has 0 bridgehead atoms. The van der Waals surface area contributed by atoms with Gasteiger partial charge in [0, 0.05) is 5.92 Å². The van der Waals surface area contributed by atoms with Crippen LogP contribution in [0.3, 0.4) is 0 Å². The highest BCUT2D eigenvalue weighted by Gasteiger charge is 2.40. The van der Waals surface area contributed by atoms with Crippen LogP contribution in [0.15, 0.2) is 9.59 Å². The molecule has 4 N–H and O–H groups in total. The number of hydrogen-bond donors (Lipinski definition) is 3. The Morgan fingerprint density at radius 3 is 3.00 bits per heavy atom. The molecule has 0 saturated carbocycles. The second kappa shape index (κ2) is 6.06. The second-order valence-corrected chi connectivity index (χ2v) is 6.58. The van der Waals surface area contributed by atoms with Crippen molar-refractivity contribution in [2.75, 3.05) is 5.73 Å². The maximum atomic E-state index is 12.4. The highest BCUT2D eigenvalue weighted by molar-refractivity contribution is 7.16. The normalized spacial score (nSPS) is 26.0. The molecular weight excluding hydrogens is 320 g/mol. The molecule has 3 heterocycles. The minimum atomic E-state index is -0.596. The highest BCUT2D eigenvalue weighted by atomic mass is 32.1. The standard InChI is InChI=1S/C14H19N4O4S/c1-3-6-5-8(7(19)4-2)22-12(6)18-10-9(23-14(18)21)11(20)17-13(15)16-10/h3,6-8,12,19H,4-5H2,1-2H3,(H3,15,16,17,20)/t6-,7-,8-,12+/m0/s1. The highest BCUT2D eigenvalue weighted by Crippen LogP contribution is 2.38. The number of hydrogen-bond acceptors (Lipinski definition) is 7. The van der Waals surface area contributed by atoms with Gasteiger partial charge in [-0.1, -0.05) is 25.2 Å². The first-order chi connectivity index (χ1) is 11.0. The molecule has 0 spiro atoms. The average molecular weight is 339 g/mol. The minimum absolute atomic E-state index is 0.0470. The molecule has 23 heavy (non-hydrogen) atoms. The Morgan fingerprint density at radius 2 is 2.35 bits per heavy atom. The predicted octanol–water partition coefficient (Wildman–Crippen LogP) is 0.627. The van der Waals surface area contributed by atoms with Crippen molar-refractivity contribution in [2.45, 2.75) is 45.1 Å². The largest absolute Gasteiger partial charge is 0.390 e. The summed E-state index contributed by atoms with van der Waals surface area (Å²) in [5.74, 6) is -0.103. The number of nitrogens with zero attached hydrogens (tertiary/aromatic N) is 2. The number of aliphatic hydroxyl groups is 1. The molecule has 1 radical (unpaired) electrons. The quantitative estimate of drug-likeness (QED) is 0.750. The zero-order chi connectivity index (χ0) is 16.7. The number of thiazole rings is 1. The summed E-state index contributed by atoms with van der Waals surface area (Å²) in [5, 5.41) is 10.0. The van der Waals surface area contributed by atoms with Crippen molar-refractivity contribution < 1.29 is 9.84 Å². The Kier molecular flexibility index (Phi) is 4.26. The molecule has 2 aromatic heterocycles. The van der Waals surface area contributed by atoms with E-state index in [9.17, 15) is 14.7 Å². The summed E-state index contributed by atoms with van der Waals surface area (Å²) in [6, 6.07) is 0. The maximum Gasteiger partial charge on any atom is 0.311 e. The first kappa shape index (κ1) is 16.2. The number of anilines is 1. The van der Waals surface area contributed by atoms with Crippen molar-refractivity contribution >= 4 is 27.6 Å². The van der Waals surface area contributed by atoms with Gasteiger partial charge >= 0.3 is 4.87 Å². The number of aromatic nitrogens is 3. The van der Waals surface area contributed by atoms with Crippen LogP contribution in [0.2, 0.25) is 0 Å². The molecule has 9 heteroatoms. The summed E-state index contributed by atoms with van der Waals surface area (Å²) in [6.45, 7) is 3.76. The molecule has 2 aromatic rings. The van der Waals surface area contributed by atoms with Gasteiger partial charge in [-0.05, 0) is 19.3 Å². The first-order valence-corrected chi connectivity index (χ1v) is 8.31. The van der Waals surface area contributed by atoms with E-state index in [0.29, 0.717) is 12.8 Å². The van der Waals surface area contributed by atoms with Gasteiger partial charge in [-0.25, -0.2) is 0 Å². The number of nitrogen functional groups attached to an aromatic ring is 1. The van der Waals surface area contributed by atoms with Crippen LogP contribution in [0.4, 0.5) is 5.95 Å². The lowest BCUT2D eigenvalue weighted by Crippen LogP contribution is -2.27. The van der Waals surface area contributed by atoms with Crippen LogP contribution in [0.25, 0.3) is 10.3 Å². The lowest BCUT2D eigenvalue weighted by atomic mass is 9.97. The van der Waals surface area contributed by atoms with E-state index in [0.717, 1.165) is 11.3 Å². The summed E-state index contributed by atoms with van der Waals surface area (Å²) < 4.78 is 7.52. The van der Waals surface area contributed by atoms with Crippen molar-refractivity contribution in [3.8, 4) is 0 Å². The molecule has 1 aliphatic heterocycles. The van der Waals surface area contributed by atoms with E-state index in [4.69, 9.17) is 10.5 Å². The molecule has 3 rings (SSSR count). The van der Waals surface area contributed by atoms with Crippen LogP contribution in [0.5, 0.6) is 0 Å². The number of nitrogens with two attached hydrogens (primary N) is 1.